The first-order chi connectivity index (χ1) is 8.60. The van der Waals surface area contributed by atoms with Gasteiger partial charge in [0.05, 0.1) is 11.6 Å². The number of hydrogen-bond acceptors (Lipinski definition) is 3. The summed E-state index contributed by atoms with van der Waals surface area (Å²) in [6.07, 6.45) is 2.14. The van der Waals surface area contributed by atoms with Crippen LogP contribution < -0.4 is 10.1 Å². The van der Waals surface area contributed by atoms with E-state index >= 15 is 0 Å². The zero-order valence-electron chi connectivity index (χ0n) is 10.6. The molecule has 1 aromatic rings. The molecule has 2 rings (SSSR count). The summed E-state index contributed by atoms with van der Waals surface area (Å²) in [5.74, 6) is 0.612. The molecule has 0 bridgehead atoms. The van der Waals surface area contributed by atoms with Crippen LogP contribution in [0.15, 0.2) is 12.1 Å². The quantitative estimate of drug-likeness (QED) is 0.879. The normalized spacial score (nSPS) is 13.8. The number of nitrogens with one attached hydrogen (secondary N) is 1. The average molecular weight is 244 g/mol. The summed E-state index contributed by atoms with van der Waals surface area (Å²) in [6, 6.07) is 5.98. The van der Waals surface area contributed by atoms with E-state index in [9.17, 15) is 4.79 Å². The molecule has 0 saturated heterocycles. The van der Waals surface area contributed by atoms with Gasteiger partial charge < -0.3 is 10.1 Å². The molecule has 0 heterocycles. The third-order valence-electron chi connectivity index (χ3n) is 2.88. The number of nitriles is 1. The minimum atomic E-state index is -0.0827. The molecule has 0 aromatic heterocycles. The highest BCUT2D eigenvalue weighted by molar-refractivity contribution is 5.78. The zero-order valence-corrected chi connectivity index (χ0v) is 10.6. The van der Waals surface area contributed by atoms with E-state index in [1.165, 1.54) is 0 Å². The molecule has 0 atom stereocenters. The Balaban J connectivity index is 2.00. The highest BCUT2D eigenvalue weighted by atomic mass is 16.5. The summed E-state index contributed by atoms with van der Waals surface area (Å²) < 4.78 is 5.54. The lowest BCUT2D eigenvalue weighted by molar-refractivity contribution is -0.123. The van der Waals surface area contributed by atoms with Gasteiger partial charge in [0.1, 0.15) is 5.75 Å². The van der Waals surface area contributed by atoms with Gasteiger partial charge in [-0.1, -0.05) is 0 Å². The second-order valence-corrected chi connectivity index (χ2v) is 4.68. The van der Waals surface area contributed by atoms with E-state index in [1.807, 2.05) is 13.8 Å². The van der Waals surface area contributed by atoms with E-state index in [2.05, 4.69) is 11.4 Å². The molecule has 0 radical (unpaired) electrons. The predicted octanol–water partition coefficient (Wildman–Crippen LogP) is 1.83. The standard InChI is InChI=1S/C14H16N2O2/c1-9-5-11(7-15)6-10(2)14(9)18-8-13(17)16-12-3-4-12/h5-6,12H,3-4,8H2,1-2H3,(H,16,17). The molecule has 1 aromatic carbocycles. The van der Waals surface area contributed by atoms with Gasteiger partial charge in [-0.2, -0.15) is 5.26 Å². The largest absolute Gasteiger partial charge is 0.483 e. The van der Waals surface area contributed by atoms with Crippen LogP contribution in [0.4, 0.5) is 0 Å². The number of amides is 1. The zero-order chi connectivity index (χ0) is 13.1. The van der Waals surface area contributed by atoms with Gasteiger partial charge in [-0.05, 0) is 49.9 Å². The van der Waals surface area contributed by atoms with Crippen LogP contribution in [0.5, 0.6) is 5.75 Å². The van der Waals surface area contributed by atoms with Crippen molar-refractivity contribution in [1.29, 1.82) is 5.26 Å². The van der Waals surface area contributed by atoms with E-state index < -0.39 is 0 Å². The number of aryl methyl sites for hydroxylation is 2. The van der Waals surface area contributed by atoms with E-state index in [-0.39, 0.29) is 12.5 Å². The van der Waals surface area contributed by atoms with Crippen molar-refractivity contribution in [3.05, 3.63) is 28.8 Å². The van der Waals surface area contributed by atoms with Gasteiger partial charge in [-0.15, -0.1) is 0 Å². The number of ether oxygens (including phenoxy) is 1. The van der Waals surface area contributed by atoms with Gasteiger partial charge >= 0.3 is 0 Å². The van der Waals surface area contributed by atoms with Crippen molar-refractivity contribution in [2.45, 2.75) is 32.7 Å². The van der Waals surface area contributed by atoms with E-state index in [0.717, 1.165) is 24.0 Å². The molecule has 1 saturated carbocycles. The summed E-state index contributed by atoms with van der Waals surface area (Å²) in [4.78, 5) is 11.5. The second-order valence-electron chi connectivity index (χ2n) is 4.68. The lowest BCUT2D eigenvalue weighted by Gasteiger charge is -2.12. The van der Waals surface area contributed by atoms with Crippen molar-refractivity contribution < 1.29 is 9.53 Å². The minimum Gasteiger partial charge on any atom is -0.483 e. The molecule has 94 valence electrons. The molecular weight excluding hydrogens is 228 g/mol. The van der Waals surface area contributed by atoms with Crippen LogP contribution in [0.2, 0.25) is 0 Å². The molecule has 0 unspecified atom stereocenters. The van der Waals surface area contributed by atoms with Gasteiger partial charge in [0.25, 0.3) is 5.91 Å². The van der Waals surface area contributed by atoms with Crippen LogP contribution in [0.25, 0.3) is 0 Å². The number of carbonyl (C=O) groups is 1. The summed E-state index contributed by atoms with van der Waals surface area (Å²) in [5.41, 5.74) is 2.37. The van der Waals surface area contributed by atoms with E-state index in [1.54, 1.807) is 12.1 Å². The average Bonchev–Trinajstić information content (AvgIpc) is 3.11. The first kappa shape index (κ1) is 12.4. The molecule has 4 nitrogen and oxygen atoms in total. The van der Waals surface area contributed by atoms with E-state index in [0.29, 0.717) is 17.4 Å². The van der Waals surface area contributed by atoms with Crippen LogP contribution >= 0.6 is 0 Å². The Morgan fingerprint density at radius 1 is 1.44 bits per heavy atom. The summed E-state index contributed by atoms with van der Waals surface area (Å²) >= 11 is 0. The first-order valence-corrected chi connectivity index (χ1v) is 6.03. The van der Waals surface area contributed by atoms with Crippen LogP contribution in [-0.4, -0.2) is 18.6 Å². The molecule has 4 heteroatoms. The molecule has 18 heavy (non-hydrogen) atoms. The summed E-state index contributed by atoms with van der Waals surface area (Å²) in [5, 5.41) is 11.7. The molecule has 1 aliphatic carbocycles. The maximum absolute atomic E-state index is 11.5. The SMILES string of the molecule is Cc1cc(C#N)cc(C)c1OCC(=O)NC1CC1. The van der Waals surface area contributed by atoms with E-state index in [4.69, 9.17) is 10.00 Å². The fraction of sp³-hybridized carbons (Fsp3) is 0.429. The lowest BCUT2D eigenvalue weighted by Crippen LogP contribution is -2.30. The number of carbonyl (C=O) groups excluding carboxylic acids is 1. The van der Waals surface area contributed by atoms with Crippen molar-refractivity contribution in [2.24, 2.45) is 0 Å². The minimum absolute atomic E-state index is 0.0318. The summed E-state index contributed by atoms with van der Waals surface area (Å²) in [7, 11) is 0. The number of rotatable bonds is 4. The molecular formula is C14H16N2O2. The molecule has 0 spiro atoms. The Morgan fingerprint density at radius 3 is 2.56 bits per heavy atom. The van der Waals surface area contributed by atoms with Gasteiger partial charge in [0.15, 0.2) is 6.61 Å². The third-order valence-corrected chi connectivity index (χ3v) is 2.88. The maximum atomic E-state index is 11.5. The van der Waals surface area contributed by atoms with Gasteiger partial charge in [-0.3, -0.25) is 4.79 Å². The Bertz CT molecular complexity index is 490. The molecule has 1 amide bonds. The molecule has 1 fully saturated rings. The maximum Gasteiger partial charge on any atom is 0.258 e. The highest BCUT2D eigenvalue weighted by Gasteiger charge is 2.23. The van der Waals surface area contributed by atoms with Crippen LogP contribution in [0.3, 0.4) is 0 Å². The predicted molar refractivity (Wildman–Crippen MR) is 67.3 cm³/mol. The Hall–Kier alpha value is -2.02. The lowest BCUT2D eigenvalue weighted by atomic mass is 10.1. The number of hydrogen-bond donors (Lipinski definition) is 1. The fourth-order valence-electron chi connectivity index (χ4n) is 1.88. The smallest absolute Gasteiger partial charge is 0.258 e. The topological polar surface area (TPSA) is 62.1 Å². The van der Waals surface area contributed by atoms with Crippen molar-refractivity contribution in [1.82, 2.24) is 5.32 Å². The van der Waals surface area contributed by atoms with Crippen LogP contribution in [0.1, 0.15) is 29.5 Å². The third kappa shape index (κ3) is 3.01. The fourth-order valence-corrected chi connectivity index (χ4v) is 1.88. The second kappa shape index (κ2) is 5.09. The molecule has 0 aliphatic heterocycles. The highest BCUT2D eigenvalue weighted by Crippen LogP contribution is 2.24. The van der Waals surface area contributed by atoms with Crippen molar-refractivity contribution in [3.63, 3.8) is 0 Å². The van der Waals surface area contributed by atoms with Crippen molar-refractivity contribution in [2.75, 3.05) is 6.61 Å². The summed E-state index contributed by atoms with van der Waals surface area (Å²) in [6.45, 7) is 3.79. The van der Waals surface area contributed by atoms with Crippen molar-refractivity contribution >= 4 is 5.91 Å². The van der Waals surface area contributed by atoms with Crippen LogP contribution in [0, 0.1) is 25.2 Å². The molecule has 1 aliphatic rings. The van der Waals surface area contributed by atoms with Gasteiger partial charge in [0.2, 0.25) is 0 Å². The van der Waals surface area contributed by atoms with Crippen molar-refractivity contribution in [3.8, 4) is 11.8 Å². The van der Waals surface area contributed by atoms with Gasteiger partial charge in [0, 0.05) is 6.04 Å². The Labute approximate surface area is 107 Å². The van der Waals surface area contributed by atoms with Crippen LogP contribution in [-0.2, 0) is 4.79 Å². The first-order valence-electron chi connectivity index (χ1n) is 6.03. The monoisotopic (exact) mass is 244 g/mol. The Morgan fingerprint density at radius 2 is 2.06 bits per heavy atom. The van der Waals surface area contributed by atoms with Gasteiger partial charge in [-0.25, -0.2) is 0 Å². The number of benzene rings is 1. The Kier molecular flexibility index (Phi) is 3.52. The number of nitrogens with zero attached hydrogens (tertiary/aromatic N) is 1. The molecule has 1 N–H and O–H groups in total.